The zero-order chi connectivity index (χ0) is 37.7. The monoisotopic (exact) mass is 743 g/mol. The summed E-state index contributed by atoms with van der Waals surface area (Å²) in [4.78, 5) is 53.6. The van der Waals surface area contributed by atoms with Crippen molar-refractivity contribution in [2.24, 2.45) is 17.8 Å². The third-order valence-electron chi connectivity index (χ3n) is 11.3. The maximum absolute atomic E-state index is 14.3. The molecule has 5 atom stereocenters. The van der Waals surface area contributed by atoms with E-state index in [1.54, 1.807) is 19.1 Å². The lowest BCUT2D eigenvalue weighted by Crippen LogP contribution is -2.54. The number of hydrogen-bond acceptors (Lipinski definition) is 9. The fourth-order valence-electron chi connectivity index (χ4n) is 7.82. The van der Waals surface area contributed by atoms with Crippen LogP contribution in [0.2, 0.25) is 0 Å². The van der Waals surface area contributed by atoms with Crippen molar-refractivity contribution in [1.82, 2.24) is 24.9 Å². The Hall–Kier alpha value is -4.52. The maximum atomic E-state index is 14.3. The van der Waals surface area contributed by atoms with Crippen LogP contribution in [-0.2, 0) is 24.4 Å². The smallest absolute Gasteiger partial charge is 0.259 e. The molecule has 3 amide bonds. The van der Waals surface area contributed by atoms with Gasteiger partial charge in [-0.25, -0.2) is 13.4 Å². The standard InChI is InChI=1S/C40H49N5O7S/c1-23(2)31-12-10-13-32(41-31)33-21-35(28-16-17-34(51-5)24(3)36(28)42-33)52-26-19-29-30(20-26)38(47)45(4)18-9-7-6-8-11-25-22-40(25,43-37(29)46)39(48)44-53(49,50)27-14-15-27/h8,10-13,16-17,21,23,25-27,29-30H,6-7,9,14-15,18-20,22H2,1-5H3,(H,43,46)(H,44,48)/b11-8-/t25-,26+,29+,30+,40-/m0/s1. The van der Waals surface area contributed by atoms with E-state index in [1.165, 1.54) is 0 Å². The molecule has 0 saturated heterocycles. The summed E-state index contributed by atoms with van der Waals surface area (Å²) in [6.07, 6.45) is 7.57. The number of benzene rings is 1. The van der Waals surface area contributed by atoms with Crippen molar-refractivity contribution in [2.45, 2.75) is 94.9 Å². The highest BCUT2D eigenvalue weighted by molar-refractivity contribution is 7.91. The molecule has 12 nitrogen and oxygen atoms in total. The van der Waals surface area contributed by atoms with Crippen LogP contribution < -0.4 is 19.5 Å². The molecule has 53 heavy (non-hydrogen) atoms. The second kappa shape index (κ2) is 14.4. The fraction of sp³-hybridized carbons (Fsp3) is 0.525. The van der Waals surface area contributed by atoms with E-state index in [4.69, 9.17) is 19.4 Å². The zero-order valence-electron chi connectivity index (χ0n) is 31.1. The normalized spacial score (nSPS) is 27.0. The number of carbonyl (C=O) groups excluding carboxylic acids is 3. The summed E-state index contributed by atoms with van der Waals surface area (Å²) in [6.45, 7) is 6.67. The van der Waals surface area contributed by atoms with Crippen LogP contribution in [0.1, 0.15) is 82.4 Å². The van der Waals surface area contributed by atoms with Gasteiger partial charge in [0.15, 0.2) is 0 Å². The molecule has 1 aromatic carbocycles. The first-order valence-electron chi connectivity index (χ1n) is 18.7. The molecule has 2 N–H and O–H groups in total. The van der Waals surface area contributed by atoms with E-state index in [0.717, 1.165) is 35.9 Å². The van der Waals surface area contributed by atoms with E-state index in [1.807, 2.05) is 55.5 Å². The summed E-state index contributed by atoms with van der Waals surface area (Å²) >= 11 is 0. The van der Waals surface area contributed by atoms with Crippen LogP contribution in [-0.4, -0.2) is 78.6 Å². The van der Waals surface area contributed by atoms with Crippen LogP contribution >= 0.6 is 0 Å². The van der Waals surface area contributed by atoms with Gasteiger partial charge in [0.25, 0.3) is 5.91 Å². The van der Waals surface area contributed by atoms with Crippen molar-refractivity contribution in [3.8, 4) is 22.9 Å². The highest BCUT2D eigenvalue weighted by Crippen LogP contribution is 2.47. The van der Waals surface area contributed by atoms with Gasteiger partial charge in [-0.05, 0) is 88.5 Å². The predicted molar refractivity (Wildman–Crippen MR) is 201 cm³/mol. The first-order valence-corrected chi connectivity index (χ1v) is 20.3. The van der Waals surface area contributed by atoms with Gasteiger partial charge >= 0.3 is 0 Å². The Morgan fingerprint density at radius 3 is 2.55 bits per heavy atom. The Morgan fingerprint density at radius 1 is 1.04 bits per heavy atom. The van der Waals surface area contributed by atoms with E-state index >= 15 is 0 Å². The first kappa shape index (κ1) is 36.8. The van der Waals surface area contributed by atoms with Crippen LogP contribution in [0.25, 0.3) is 22.3 Å². The molecular weight excluding hydrogens is 695 g/mol. The number of hydrogen-bond donors (Lipinski definition) is 2. The van der Waals surface area contributed by atoms with Crippen molar-refractivity contribution < 1.29 is 32.3 Å². The molecule has 3 fully saturated rings. The lowest BCUT2D eigenvalue weighted by atomic mass is 9.93. The molecule has 1 aliphatic heterocycles. The Bertz CT molecular complexity index is 2080. The minimum absolute atomic E-state index is 0.151. The zero-order valence-corrected chi connectivity index (χ0v) is 31.9. The first-order chi connectivity index (χ1) is 25.3. The van der Waals surface area contributed by atoms with Gasteiger partial charge in [-0.3, -0.25) is 24.1 Å². The summed E-state index contributed by atoms with van der Waals surface area (Å²) in [6, 6.07) is 11.5. The van der Waals surface area contributed by atoms with Gasteiger partial charge in [-0.1, -0.05) is 32.1 Å². The number of amides is 3. The summed E-state index contributed by atoms with van der Waals surface area (Å²) in [5.41, 5.74) is 2.39. The largest absolute Gasteiger partial charge is 0.496 e. The number of fused-ring (bicyclic) bond motifs is 3. The molecule has 13 heteroatoms. The van der Waals surface area contributed by atoms with E-state index in [0.29, 0.717) is 47.8 Å². The molecule has 282 valence electrons. The van der Waals surface area contributed by atoms with E-state index < -0.39 is 50.6 Å². The maximum Gasteiger partial charge on any atom is 0.259 e. The minimum Gasteiger partial charge on any atom is -0.496 e. The van der Waals surface area contributed by atoms with Gasteiger partial charge in [0.05, 0.1) is 41.1 Å². The number of allylic oxidation sites excluding steroid dienone is 1. The Kier molecular flexibility index (Phi) is 9.99. The van der Waals surface area contributed by atoms with Crippen LogP contribution in [0.5, 0.6) is 11.5 Å². The average molecular weight is 744 g/mol. The highest BCUT2D eigenvalue weighted by Gasteiger charge is 2.62. The van der Waals surface area contributed by atoms with Crippen molar-refractivity contribution >= 4 is 38.6 Å². The molecule has 2 aromatic heterocycles. The molecule has 3 aliphatic carbocycles. The topological polar surface area (TPSA) is 157 Å². The van der Waals surface area contributed by atoms with E-state index in [9.17, 15) is 22.8 Å². The number of ether oxygens (including phenoxy) is 2. The number of aromatic nitrogens is 2. The second-order valence-electron chi connectivity index (χ2n) is 15.5. The van der Waals surface area contributed by atoms with Gasteiger partial charge in [-0.2, -0.15) is 0 Å². The third kappa shape index (κ3) is 7.36. The predicted octanol–water partition coefficient (Wildman–Crippen LogP) is 5.19. The number of nitrogens with zero attached hydrogens (tertiary/aromatic N) is 3. The molecular formula is C40H49N5O7S. The van der Waals surface area contributed by atoms with Crippen LogP contribution in [0.15, 0.2) is 48.6 Å². The highest BCUT2D eigenvalue weighted by atomic mass is 32.2. The van der Waals surface area contributed by atoms with Crippen molar-refractivity contribution in [2.75, 3.05) is 20.7 Å². The van der Waals surface area contributed by atoms with Gasteiger partial charge in [0.2, 0.25) is 21.8 Å². The lowest BCUT2D eigenvalue weighted by Gasteiger charge is -2.26. The van der Waals surface area contributed by atoms with Gasteiger partial charge in [-0.15, -0.1) is 0 Å². The van der Waals surface area contributed by atoms with Crippen molar-refractivity contribution in [1.29, 1.82) is 0 Å². The number of methoxy groups -OCH3 is 1. The van der Waals surface area contributed by atoms with Gasteiger partial charge in [0, 0.05) is 42.2 Å². The molecule has 0 unspecified atom stereocenters. The molecule has 0 bridgehead atoms. The number of sulfonamides is 1. The fourth-order valence-corrected chi connectivity index (χ4v) is 9.18. The van der Waals surface area contributed by atoms with E-state index in [2.05, 4.69) is 23.9 Å². The third-order valence-corrected chi connectivity index (χ3v) is 13.1. The van der Waals surface area contributed by atoms with Crippen LogP contribution in [0.4, 0.5) is 0 Å². The van der Waals surface area contributed by atoms with Crippen molar-refractivity contribution in [3.05, 3.63) is 59.8 Å². The number of aryl methyl sites for hydroxylation is 1. The van der Waals surface area contributed by atoms with Gasteiger partial charge < -0.3 is 19.7 Å². The lowest BCUT2D eigenvalue weighted by molar-refractivity contribution is -0.140. The Labute approximate surface area is 311 Å². The van der Waals surface area contributed by atoms with E-state index in [-0.39, 0.29) is 37.0 Å². The molecule has 0 radical (unpaired) electrons. The van der Waals surface area contributed by atoms with Crippen LogP contribution in [0.3, 0.4) is 0 Å². The SMILES string of the molecule is COc1ccc2c(O[C@@H]3C[C@H]4C(=O)N[C@@]5(C(=O)NS(=O)(=O)C6CC6)C[C@@H]5/C=C\CCCCN(C)C(=O)[C@@H]4C3)cc(-c3cccc(C(C)C)n3)nc2c1C. The number of rotatable bonds is 8. The minimum atomic E-state index is -3.83. The molecule has 3 aromatic rings. The van der Waals surface area contributed by atoms with Crippen molar-refractivity contribution in [3.63, 3.8) is 0 Å². The summed E-state index contributed by atoms with van der Waals surface area (Å²) in [5, 5.41) is 3.14. The average Bonchev–Trinajstić information content (AvgIpc) is 4.06. The number of carbonyl (C=O) groups is 3. The molecule has 7 rings (SSSR count). The van der Waals surface area contributed by atoms with Gasteiger partial charge in [0.1, 0.15) is 23.1 Å². The molecule has 0 spiro atoms. The Morgan fingerprint density at radius 2 is 1.81 bits per heavy atom. The number of nitrogens with one attached hydrogen (secondary N) is 2. The summed E-state index contributed by atoms with van der Waals surface area (Å²) < 4.78 is 40.3. The molecule has 4 aliphatic rings. The summed E-state index contributed by atoms with van der Waals surface area (Å²) in [5.74, 6) is -1.72. The molecule has 3 saturated carbocycles. The summed E-state index contributed by atoms with van der Waals surface area (Å²) in [7, 11) is -0.453. The van der Waals surface area contributed by atoms with Crippen LogP contribution in [0, 0.1) is 24.7 Å². The molecule has 3 heterocycles. The number of pyridine rings is 2. The Balaban J connectivity index is 1.22. The quantitative estimate of drug-likeness (QED) is 0.297. The second-order valence-corrected chi connectivity index (χ2v) is 17.4.